The first-order chi connectivity index (χ1) is 7.33. The van der Waals surface area contributed by atoms with Gasteiger partial charge in [0.2, 0.25) is 0 Å². The topological polar surface area (TPSA) is 50.4 Å². The molecule has 2 rings (SSSR count). The van der Waals surface area contributed by atoms with E-state index in [1.165, 1.54) is 0 Å². The third-order valence-corrected chi connectivity index (χ3v) is 2.18. The van der Waals surface area contributed by atoms with Crippen molar-refractivity contribution < 1.29 is 5.21 Å². The number of hydrogen-bond acceptors (Lipinski definition) is 3. The van der Waals surface area contributed by atoms with E-state index in [2.05, 4.69) is 10.1 Å². The predicted octanol–water partition coefficient (Wildman–Crippen LogP) is 1.65. The molecule has 0 amide bonds. The van der Waals surface area contributed by atoms with Gasteiger partial charge in [0, 0.05) is 25.0 Å². The van der Waals surface area contributed by atoms with E-state index in [0.29, 0.717) is 11.5 Å². The molecule has 0 unspecified atom stereocenters. The molecule has 2 aromatic rings. The highest BCUT2D eigenvalue weighted by molar-refractivity contribution is 6.10. The standard InChI is InChI=1S/C11H11N3O/c1-14-8-7-12-11(14)10(13-15)9-5-3-2-4-6-9/h2-8,15H,1H3/b13-10+. The van der Waals surface area contributed by atoms with Gasteiger partial charge >= 0.3 is 0 Å². The predicted molar refractivity (Wildman–Crippen MR) is 57.1 cm³/mol. The van der Waals surface area contributed by atoms with Crippen molar-refractivity contribution in [3.8, 4) is 0 Å². The molecule has 1 aromatic heterocycles. The van der Waals surface area contributed by atoms with E-state index >= 15 is 0 Å². The first kappa shape index (κ1) is 9.45. The molecule has 0 aliphatic carbocycles. The van der Waals surface area contributed by atoms with Gasteiger partial charge in [-0.15, -0.1) is 0 Å². The van der Waals surface area contributed by atoms with Crippen LogP contribution in [0.3, 0.4) is 0 Å². The summed E-state index contributed by atoms with van der Waals surface area (Å²) in [5.74, 6) is 0.642. The van der Waals surface area contributed by atoms with Crippen LogP contribution in [0.4, 0.5) is 0 Å². The van der Waals surface area contributed by atoms with E-state index in [-0.39, 0.29) is 0 Å². The molecule has 1 aromatic carbocycles. The number of aromatic nitrogens is 2. The van der Waals surface area contributed by atoms with Crippen molar-refractivity contribution in [1.29, 1.82) is 0 Å². The molecule has 0 radical (unpaired) electrons. The largest absolute Gasteiger partial charge is 0.410 e. The van der Waals surface area contributed by atoms with Crippen molar-refractivity contribution in [2.75, 3.05) is 0 Å². The van der Waals surface area contributed by atoms with Gasteiger partial charge in [0.05, 0.1) is 0 Å². The lowest BCUT2D eigenvalue weighted by Gasteiger charge is -2.03. The molecule has 15 heavy (non-hydrogen) atoms. The molecule has 0 fully saturated rings. The molecule has 0 saturated carbocycles. The Morgan fingerprint density at radius 1 is 1.33 bits per heavy atom. The van der Waals surface area contributed by atoms with Gasteiger partial charge in [0.25, 0.3) is 0 Å². The SMILES string of the molecule is Cn1ccnc1/C(=N/O)c1ccccc1. The monoisotopic (exact) mass is 201 g/mol. The smallest absolute Gasteiger partial charge is 0.162 e. The van der Waals surface area contributed by atoms with Gasteiger partial charge in [-0.3, -0.25) is 0 Å². The highest BCUT2D eigenvalue weighted by Gasteiger charge is 2.11. The van der Waals surface area contributed by atoms with Crippen molar-refractivity contribution in [2.24, 2.45) is 12.2 Å². The maximum Gasteiger partial charge on any atom is 0.162 e. The summed E-state index contributed by atoms with van der Waals surface area (Å²) < 4.78 is 1.81. The second kappa shape index (κ2) is 3.96. The zero-order valence-corrected chi connectivity index (χ0v) is 8.33. The van der Waals surface area contributed by atoms with E-state index in [9.17, 15) is 0 Å². The second-order valence-electron chi connectivity index (χ2n) is 3.18. The fourth-order valence-electron chi connectivity index (χ4n) is 1.42. The number of imidazole rings is 1. The molecule has 4 nitrogen and oxygen atoms in total. The Hall–Kier alpha value is -2.10. The third-order valence-electron chi connectivity index (χ3n) is 2.18. The Bertz CT molecular complexity index is 474. The first-order valence-corrected chi connectivity index (χ1v) is 4.58. The third kappa shape index (κ3) is 1.74. The maximum absolute atomic E-state index is 9.01. The number of oxime groups is 1. The number of nitrogens with zero attached hydrogens (tertiary/aromatic N) is 3. The summed E-state index contributed by atoms with van der Waals surface area (Å²) >= 11 is 0. The van der Waals surface area contributed by atoms with E-state index in [4.69, 9.17) is 5.21 Å². The molecule has 0 atom stereocenters. The van der Waals surface area contributed by atoms with Crippen LogP contribution in [-0.4, -0.2) is 20.5 Å². The average molecular weight is 201 g/mol. The zero-order chi connectivity index (χ0) is 10.7. The molecular formula is C11H11N3O. The maximum atomic E-state index is 9.01. The van der Waals surface area contributed by atoms with Crippen LogP contribution in [0.15, 0.2) is 47.9 Å². The van der Waals surface area contributed by atoms with Gasteiger partial charge in [-0.1, -0.05) is 35.5 Å². The molecule has 0 saturated heterocycles. The summed E-state index contributed by atoms with van der Waals surface area (Å²) in [5, 5.41) is 12.3. The van der Waals surface area contributed by atoms with Crippen LogP contribution < -0.4 is 0 Å². The minimum absolute atomic E-state index is 0.475. The van der Waals surface area contributed by atoms with Crippen molar-refractivity contribution in [3.63, 3.8) is 0 Å². The Morgan fingerprint density at radius 3 is 2.60 bits per heavy atom. The fourth-order valence-corrected chi connectivity index (χ4v) is 1.42. The Labute approximate surface area is 87.5 Å². The molecule has 4 heteroatoms. The molecular weight excluding hydrogens is 190 g/mol. The van der Waals surface area contributed by atoms with Crippen LogP contribution in [0.5, 0.6) is 0 Å². The summed E-state index contributed by atoms with van der Waals surface area (Å²) in [6.45, 7) is 0. The van der Waals surface area contributed by atoms with Crippen LogP contribution in [-0.2, 0) is 7.05 Å². The van der Waals surface area contributed by atoms with Crippen molar-refractivity contribution >= 4 is 5.71 Å². The first-order valence-electron chi connectivity index (χ1n) is 4.58. The minimum Gasteiger partial charge on any atom is -0.410 e. The van der Waals surface area contributed by atoms with Gasteiger partial charge in [-0.05, 0) is 0 Å². The quantitative estimate of drug-likeness (QED) is 0.456. The molecule has 0 aliphatic heterocycles. The summed E-state index contributed by atoms with van der Waals surface area (Å²) in [6.07, 6.45) is 3.48. The summed E-state index contributed by atoms with van der Waals surface area (Å²) in [6, 6.07) is 9.46. The van der Waals surface area contributed by atoms with Crippen LogP contribution in [0, 0.1) is 0 Å². The van der Waals surface area contributed by atoms with Gasteiger partial charge < -0.3 is 9.77 Å². The highest BCUT2D eigenvalue weighted by atomic mass is 16.4. The van der Waals surface area contributed by atoms with Crippen LogP contribution in [0.25, 0.3) is 0 Å². The van der Waals surface area contributed by atoms with E-state index in [0.717, 1.165) is 5.56 Å². The molecule has 1 heterocycles. The lowest BCUT2D eigenvalue weighted by molar-refractivity contribution is 0.319. The van der Waals surface area contributed by atoms with E-state index in [1.807, 2.05) is 48.1 Å². The van der Waals surface area contributed by atoms with E-state index < -0.39 is 0 Å². The lowest BCUT2D eigenvalue weighted by Crippen LogP contribution is -2.09. The number of rotatable bonds is 2. The summed E-state index contributed by atoms with van der Waals surface area (Å²) in [5.41, 5.74) is 1.32. The van der Waals surface area contributed by atoms with Gasteiger partial charge in [0.15, 0.2) is 11.5 Å². The van der Waals surface area contributed by atoms with Crippen molar-refractivity contribution in [2.45, 2.75) is 0 Å². The van der Waals surface area contributed by atoms with Crippen LogP contribution in [0.1, 0.15) is 11.4 Å². The van der Waals surface area contributed by atoms with Gasteiger partial charge in [-0.25, -0.2) is 4.98 Å². The van der Waals surface area contributed by atoms with Crippen LogP contribution >= 0.6 is 0 Å². The number of aryl methyl sites for hydroxylation is 1. The second-order valence-corrected chi connectivity index (χ2v) is 3.18. The Morgan fingerprint density at radius 2 is 2.07 bits per heavy atom. The Kier molecular flexibility index (Phi) is 2.49. The average Bonchev–Trinajstić information content (AvgIpc) is 2.68. The number of hydrogen-bond donors (Lipinski definition) is 1. The molecule has 0 bridgehead atoms. The minimum atomic E-state index is 0.475. The zero-order valence-electron chi connectivity index (χ0n) is 8.33. The summed E-state index contributed by atoms with van der Waals surface area (Å²) in [4.78, 5) is 4.14. The molecule has 76 valence electrons. The van der Waals surface area contributed by atoms with Crippen LogP contribution in [0.2, 0.25) is 0 Å². The lowest BCUT2D eigenvalue weighted by atomic mass is 10.1. The highest BCUT2D eigenvalue weighted by Crippen LogP contribution is 2.08. The fraction of sp³-hybridized carbons (Fsp3) is 0.0909. The van der Waals surface area contributed by atoms with Crippen molar-refractivity contribution in [1.82, 2.24) is 9.55 Å². The molecule has 0 aliphatic rings. The Balaban J connectivity index is 2.48. The summed E-state index contributed by atoms with van der Waals surface area (Å²) in [7, 11) is 1.86. The van der Waals surface area contributed by atoms with Gasteiger partial charge in [-0.2, -0.15) is 0 Å². The number of benzene rings is 1. The normalized spacial score (nSPS) is 11.7. The molecule has 0 spiro atoms. The molecule has 1 N–H and O–H groups in total. The van der Waals surface area contributed by atoms with E-state index in [1.54, 1.807) is 6.20 Å². The van der Waals surface area contributed by atoms with Gasteiger partial charge in [0.1, 0.15) is 0 Å². The van der Waals surface area contributed by atoms with Crippen molar-refractivity contribution in [3.05, 3.63) is 54.1 Å².